The Morgan fingerprint density at radius 3 is 2.25 bits per heavy atom. The van der Waals surface area contributed by atoms with Gasteiger partial charge in [0.2, 0.25) is 5.91 Å². The van der Waals surface area contributed by atoms with Crippen molar-refractivity contribution < 1.29 is 24.6 Å². The van der Waals surface area contributed by atoms with Gasteiger partial charge in [-0.15, -0.1) is 0 Å². The second-order valence-corrected chi connectivity index (χ2v) is 6.55. The summed E-state index contributed by atoms with van der Waals surface area (Å²) in [6.45, 7) is 0. The normalized spacial score (nSPS) is 15.6. The number of aromatic carboxylic acids is 2. The first kappa shape index (κ1) is 17.5. The average molecular weight is 376 g/mol. The summed E-state index contributed by atoms with van der Waals surface area (Å²) in [5.74, 6) is -2.85. The molecule has 1 amide bonds. The number of carboxylic acids is 2. The van der Waals surface area contributed by atoms with E-state index in [0.29, 0.717) is 5.69 Å². The largest absolute Gasteiger partial charge is 0.478 e. The molecule has 3 N–H and O–H groups in total. The zero-order valence-electron chi connectivity index (χ0n) is 14.6. The summed E-state index contributed by atoms with van der Waals surface area (Å²) < 4.78 is 1.77. The minimum Gasteiger partial charge on any atom is -0.478 e. The van der Waals surface area contributed by atoms with Crippen LogP contribution in [0, 0.1) is 0 Å². The number of carbonyl (C=O) groups excluding carboxylic acids is 1. The lowest BCUT2D eigenvalue weighted by molar-refractivity contribution is -0.116. The van der Waals surface area contributed by atoms with Gasteiger partial charge in [0.25, 0.3) is 0 Å². The van der Waals surface area contributed by atoms with E-state index < -0.39 is 17.9 Å². The summed E-state index contributed by atoms with van der Waals surface area (Å²) in [5, 5.41) is 21.4. The van der Waals surface area contributed by atoms with Crippen molar-refractivity contribution in [1.29, 1.82) is 0 Å². The van der Waals surface area contributed by atoms with Crippen LogP contribution in [0.3, 0.4) is 0 Å². The lowest BCUT2D eigenvalue weighted by atomic mass is 9.87. The molecule has 28 heavy (non-hydrogen) atoms. The third-order valence-corrected chi connectivity index (χ3v) is 4.85. The predicted molar refractivity (Wildman–Crippen MR) is 101 cm³/mol. The molecule has 7 heteroatoms. The number of fused-ring (bicyclic) bond motifs is 1. The molecule has 2 aromatic carbocycles. The number of hydrogen-bond donors (Lipinski definition) is 3. The first-order valence-electron chi connectivity index (χ1n) is 8.62. The van der Waals surface area contributed by atoms with Crippen molar-refractivity contribution in [3.05, 3.63) is 83.2 Å². The van der Waals surface area contributed by atoms with Crippen molar-refractivity contribution >= 4 is 23.5 Å². The molecule has 0 bridgehead atoms. The second-order valence-electron chi connectivity index (χ2n) is 6.55. The van der Waals surface area contributed by atoms with E-state index in [4.69, 9.17) is 5.11 Å². The summed E-state index contributed by atoms with van der Waals surface area (Å²) in [6, 6.07) is 15.6. The number of benzene rings is 2. The van der Waals surface area contributed by atoms with Gasteiger partial charge >= 0.3 is 11.9 Å². The highest BCUT2D eigenvalue weighted by Crippen LogP contribution is 2.41. The smallest absolute Gasteiger partial charge is 0.339 e. The Morgan fingerprint density at radius 1 is 0.964 bits per heavy atom. The molecule has 0 fully saturated rings. The van der Waals surface area contributed by atoms with Crippen LogP contribution in [-0.4, -0.2) is 32.6 Å². The van der Waals surface area contributed by atoms with Crippen LogP contribution in [0.4, 0.5) is 5.69 Å². The minimum atomic E-state index is -1.13. The number of rotatable bonds is 4. The topological polar surface area (TPSA) is 109 Å². The van der Waals surface area contributed by atoms with Crippen LogP contribution in [0.2, 0.25) is 0 Å². The lowest BCUT2D eigenvalue weighted by Gasteiger charge is -2.26. The Kier molecular flexibility index (Phi) is 4.19. The molecule has 140 valence electrons. The molecule has 0 radical (unpaired) electrons. The number of hydrogen-bond acceptors (Lipinski definition) is 3. The summed E-state index contributed by atoms with van der Waals surface area (Å²) in [5.41, 5.74) is 2.61. The fourth-order valence-electron chi connectivity index (χ4n) is 3.57. The van der Waals surface area contributed by atoms with Gasteiger partial charge < -0.3 is 20.1 Å². The quantitative estimate of drug-likeness (QED) is 0.647. The Labute approximate surface area is 159 Å². The van der Waals surface area contributed by atoms with Gasteiger partial charge in [-0.1, -0.05) is 30.3 Å². The van der Waals surface area contributed by atoms with E-state index in [0.717, 1.165) is 11.3 Å². The summed E-state index contributed by atoms with van der Waals surface area (Å²) in [7, 11) is 0. The number of anilines is 1. The Morgan fingerprint density at radius 2 is 1.64 bits per heavy atom. The predicted octanol–water partition coefficient (Wildman–Crippen LogP) is 3.35. The van der Waals surface area contributed by atoms with E-state index in [2.05, 4.69) is 5.32 Å². The average Bonchev–Trinajstić information content (AvgIpc) is 3.07. The summed E-state index contributed by atoms with van der Waals surface area (Å²) >= 11 is 0. The summed E-state index contributed by atoms with van der Waals surface area (Å²) in [4.78, 5) is 35.2. The number of amides is 1. The fourth-order valence-corrected chi connectivity index (χ4v) is 3.57. The van der Waals surface area contributed by atoms with Gasteiger partial charge in [0.1, 0.15) is 5.56 Å². The standard InChI is InChI=1S/C21H16N2O5/c24-17-10-15(12-6-8-13(9-7-12)20(25)26)19-18(22-17)16(21(27)28)11-23(19)14-4-2-1-3-5-14/h1-9,11,15H,10H2,(H,22,24)(H,25,26)(H,27,28). The van der Waals surface area contributed by atoms with E-state index in [9.17, 15) is 19.5 Å². The highest BCUT2D eigenvalue weighted by Gasteiger charge is 2.34. The second kappa shape index (κ2) is 6.70. The highest BCUT2D eigenvalue weighted by atomic mass is 16.4. The maximum absolute atomic E-state index is 12.3. The van der Waals surface area contributed by atoms with Crippen LogP contribution in [0.25, 0.3) is 5.69 Å². The monoisotopic (exact) mass is 376 g/mol. The first-order valence-corrected chi connectivity index (χ1v) is 8.62. The Balaban J connectivity index is 1.92. The maximum atomic E-state index is 12.3. The van der Waals surface area contributed by atoms with E-state index in [-0.39, 0.29) is 29.1 Å². The van der Waals surface area contributed by atoms with Crippen LogP contribution in [0.15, 0.2) is 60.8 Å². The van der Waals surface area contributed by atoms with Crippen LogP contribution in [-0.2, 0) is 4.79 Å². The van der Waals surface area contributed by atoms with Crippen LogP contribution in [0.5, 0.6) is 0 Å². The molecule has 0 saturated carbocycles. The molecule has 0 spiro atoms. The zero-order chi connectivity index (χ0) is 19.8. The third kappa shape index (κ3) is 2.92. The number of nitrogens with zero attached hydrogens (tertiary/aromatic N) is 1. The third-order valence-electron chi connectivity index (χ3n) is 4.85. The van der Waals surface area contributed by atoms with Crippen molar-refractivity contribution in [3.8, 4) is 5.69 Å². The van der Waals surface area contributed by atoms with Crippen molar-refractivity contribution in [3.63, 3.8) is 0 Å². The summed E-state index contributed by atoms with van der Waals surface area (Å²) in [6.07, 6.45) is 1.64. The minimum absolute atomic E-state index is 0.0130. The molecule has 2 heterocycles. The number of carboxylic acid groups (broad SMARTS) is 2. The number of para-hydroxylation sites is 1. The van der Waals surface area contributed by atoms with Gasteiger partial charge in [-0.2, -0.15) is 0 Å². The SMILES string of the molecule is O=C1CC(c2ccc(C(=O)O)cc2)c2c(c(C(=O)O)cn2-c2ccccc2)N1. The molecule has 3 aromatic rings. The first-order chi connectivity index (χ1) is 13.5. The van der Waals surface area contributed by atoms with Crippen LogP contribution >= 0.6 is 0 Å². The maximum Gasteiger partial charge on any atom is 0.339 e. The number of carbonyl (C=O) groups is 3. The molecular formula is C21H16N2O5. The highest BCUT2D eigenvalue weighted by molar-refractivity contribution is 6.04. The fraction of sp³-hybridized carbons (Fsp3) is 0.0952. The molecule has 0 saturated heterocycles. The van der Waals surface area contributed by atoms with Crippen molar-refractivity contribution in [2.24, 2.45) is 0 Å². The van der Waals surface area contributed by atoms with E-state index in [1.807, 2.05) is 30.3 Å². The van der Waals surface area contributed by atoms with Crippen LogP contribution in [0.1, 0.15) is 44.3 Å². The zero-order valence-corrected chi connectivity index (χ0v) is 14.6. The molecule has 4 rings (SSSR count). The van der Waals surface area contributed by atoms with E-state index in [1.54, 1.807) is 16.7 Å². The Bertz CT molecular complexity index is 1080. The van der Waals surface area contributed by atoms with Gasteiger partial charge in [0, 0.05) is 24.2 Å². The molecule has 1 aliphatic heterocycles. The molecule has 1 aliphatic rings. The van der Waals surface area contributed by atoms with Gasteiger partial charge in [-0.3, -0.25) is 4.79 Å². The molecule has 1 aromatic heterocycles. The van der Waals surface area contributed by atoms with Crippen molar-refractivity contribution in [2.45, 2.75) is 12.3 Å². The van der Waals surface area contributed by atoms with E-state index >= 15 is 0 Å². The molecule has 0 aliphatic carbocycles. The van der Waals surface area contributed by atoms with Gasteiger partial charge in [-0.05, 0) is 29.8 Å². The number of aromatic nitrogens is 1. The van der Waals surface area contributed by atoms with Gasteiger partial charge in [0.15, 0.2) is 0 Å². The Hall–Kier alpha value is -3.87. The van der Waals surface area contributed by atoms with E-state index in [1.165, 1.54) is 18.3 Å². The molecular weight excluding hydrogens is 360 g/mol. The molecule has 1 atom stereocenters. The number of nitrogens with one attached hydrogen (secondary N) is 1. The van der Waals surface area contributed by atoms with Crippen LogP contribution < -0.4 is 5.32 Å². The van der Waals surface area contributed by atoms with Gasteiger partial charge in [-0.25, -0.2) is 9.59 Å². The lowest BCUT2D eigenvalue weighted by Crippen LogP contribution is -2.25. The van der Waals surface area contributed by atoms with Crippen molar-refractivity contribution in [1.82, 2.24) is 4.57 Å². The molecule has 1 unspecified atom stereocenters. The van der Waals surface area contributed by atoms with Crippen molar-refractivity contribution in [2.75, 3.05) is 5.32 Å². The van der Waals surface area contributed by atoms with Gasteiger partial charge in [0.05, 0.1) is 16.9 Å². The molecule has 7 nitrogen and oxygen atoms in total.